The smallest absolute Gasteiger partial charge is 0.175 e. The van der Waals surface area contributed by atoms with Crippen molar-refractivity contribution < 1.29 is 19.3 Å². The van der Waals surface area contributed by atoms with Gasteiger partial charge in [0, 0.05) is 7.11 Å². The maximum Gasteiger partial charge on any atom is 0.175 e. The number of aromatic nitrogens is 4. The summed E-state index contributed by atoms with van der Waals surface area (Å²) in [5, 5.41) is 11.4. The number of hydrogen-bond donors (Lipinski definition) is 2. The number of imidazole rings is 1. The summed E-state index contributed by atoms with van der Waals surface area (Å²) in [4.78, 5) is 12.4. The minimum atomic E-state index is -1.35. The predicted molar refractivity (Wildman–Crippen MR) is 86.1 cm³/mol. The maximum absolute atomic E-state index is 11.4. The number of ether oxygens (including phenoxy) is 3. The van der Waals surface area contributed by atoms with Gasteiger partial charge < -0.3 is 25.1 Å². The molecule has 3 rings (SSSR count). The molecular formula is C15H23N5O4. The Balaban J connectivity index is 1.99. The quantitative estimate of drug-likeness (QED) is 0.764. The van der Waals surface area contributed by atoms with Crippen LogP contribution in [0.1, 0.15) is 13.8 Å². The predicted octanol–water partition coefficient (Wildman–Crippen LogP) is 0.140. The lowest BCUT2D eigenvalue weighted by Gasteiger charge is -2.32. The molecule has 0 aliphatic carbocycles. The van der Waals surface area contributed by atoms with Crippen molar-refractivity contribution in [3.63, 3.8) is 0 Å². The Bertz CT molecular complexity index is 706. The maximum atomic E-state index is 11.4. The second-order valence-electron chi connectivity index (χ2n) is 6.22. The highest BCUT2D eigenvalue weighted by molar-refractivity contribution is 5.81. The Morgan fingerprint density at radius 1 is 1.42 bits per heavy atom. The van der Waals surface area contributed by atoms with Gasteiger partial charge in [-0.25, -0.2) is 15.0 Å². The molecule has 9 heteroatoms. The molecule has 0 spiro atoms. The fourth-order valence-electron chi connectivity index (χ4n) is 3.00. The van der Waals surface area contributed by atoms with Crippen molar-refractivity contribution >= 4 is 17.0 Å². The second-order valence-corrected chi connectivity index (χ2v) is 6.22. The van der Waals surface area contributed by atoms with E-state index < -0.39 is 5.72 Å². The van der Waals surface area contributed by atoms with Crippen molar-refractivity contribution in [2.75, 3.05) is 32.7 Å². The lowest BCUT2D eigenvalue weighted by atomic mass is 9.94. The number of nitrogens with zero attached hydrogens (tertiary/aromatic N) is 4. The van der Waals surface area contributed by atoms with Gasteiger partial charge in [0.15, 0.2) is 17.2 Å². The van der Waals surface area contributed by atoms with Crippen LogP contribution in [0, 0.1) is 5.92 Å². The molecule has 1 fully saturated rings. The highest BCUT2D eigenvalue weighted by atomic mass is 16.6. The third-order valence-corrected chi connectivity index (χ3v) is 4.27. The molecule has 0 saturated carbocycles. The molecule has 0 unspecified atom stereocenters. The molecule has 0 aromatic carbocycles. The molecule has 9 nitrogen and oxygen atoms in total. The summed E-state index contributed by atoms with van der Waals surface area (Å²) in [6.07, 6.45) is 2.60. The molecule has 1 aliphatic heterocycles. The Kier molecular flexibility index (Phi) is 4.68. The van der Waals surface area contributed by atoms with Gasteiger partial charge in [-0.2, -0.15) is 0 Å². The van der Waals surface area contributed by atoms with Gasteiger partial charge in [0.05, 0.1) is 44.3 Å². The number of nitrogen functional groups attached to an aromatic ring is 1. The summed E-state index contributed by atoms with van der Waals surface area (Å²) in [7, 11) is 1.60. The number of methoxy groups -OCH3 is 1. The van der Waals surface area contributed by atoms with Crippen LogP contribution in [-0.4, -0.2) is 63.8 Å². The monoisotopic (exact) mass is 337 g/mol. The summed E-state index contributed by atoms with van der Waals surface area (Å²) in [5.41, 5.74) is 5.39. The molecule has 3 atom stereocenters. The fourth-order valence-corrected chi connectivity index (χ4v) is 3.00. The fraction of sp³-hybridized carbons (Fsp3) is 0.667. The first-order chi connectivity index (χ1) is 11.5. The third kappa shape index (κ3) is 2.84. The van der Waals surface area contributed by atoms with Crippen LogP contribution in [0.4, 0.5) is 5.82 Å². The number of nitrogens with two attached hydrogens (primary N) is 1. The van der Waals surface area contributed by atoms with E-state index in [2.05, 4.69) is 15.0 Å². The van der Waals surface area contributed by atoms with Crippen molar-refractivity contribution in [3.05, 3.63) is 12.7 Å². The Hall–Kier alpha value is -1.81. The number of anilines is 1. The topological polar surface area (TPSA) is 118 Å². The van der Waals surface area contributed by atoms with E-state index in [0.29, 0.717) is 24.4 Å². The standard InChI is InChI=1S/C15H23N5O4/c1-9(2)23-4-10-11(5-22-3)24-6-15(10,21)20-8-19-12-13(16)17-7-18-14(12)20/h7-11,21H,4-6H2,1-3H3,(H2,16,17,18)/t10-,11-,15+/m1/s1. The van der Waals surface area contributed by atoms with E-state index in [1.807, 2.05) is 13.8 Å². The van der Waals surface area contributed by atoms with Crippen LogP contribution in [0.5, 0.6) is 0 Å². The zero-order valence-electron chi connectivity index (χ0n) is 14.0. The van der Waals surface area contributed by atoms with Crippen LogP contribution in [0.2, 0.25) is 0 Å². The first kappa shape index (κ1) is 17.0. The summed E-state index contributed by atoms with van der Waals surface area (Å²) < 4.78 is 18.3. The molecule has 2 aromatic heterocycles. The number of hydrogen-bond acceptors (Lipinski definition) is 8. The van der Waals surface area contributed by atoms with Gasteiger partial charge in [0.2, 0.25) is 0 Å². The van der Waals surface area contributed by atoms with E-state index in [1.54, 1.807) is 11.7 Å². The van der Waals surface area contributed by atoms with E-state index in [4.69, 9.17) is 19.9 Å². The Morgan fingerprint density at radius 3 is 2.92 bits per heavy atom. The van der Waals surface area contributed by atoms with Crippen LogP contribution < -0.4 is 5.73 Å². The zero-order valence-corrected chi connectivity index (χ0v) is 14.0. The molecule has 132 valence electrons. The molecule has 24 heavy (non-hydrogen) atoms. The van der Waals surface area contributed by atoms with E-state index in [1.165, 1.54) is 12.7 Å². The molecule has 0 radical (unpaired) electrons. The third-order valence-electron chi connectivity index (χ3n) is 4.27. The van der Waals surface area contributed by atoms with Crippen molar-refractivity contribution in [1.82, 2.24) is 19.5 Å². The van der Waals surface area contributed by atoms with Gasteiger partial charge >= 0.3 is 0 Å². The number of aliphatic hydroxyl groups is 1. The first-order valence-corrected chi connectivity index (χ1v) is 7.86. The summed E-state index contributed by atoms with van der Waals surface area (Å²) in [6.45, 7) is 4.66. The van der Waals surface area contributed by atoms with Gasteiger partial charge in [0.25, 0.3) is 0 Å². The van der Waals surface area contributed by atoms with E-state index in [0.717, 1.165) is 0 Å². The normalized spacial score (nSPS) is 27.4. The van der Waals surface area contributed by atoms with Crippen LogP contribution >= 0.6 is 0 Å². The molecule has 1 aliphatic rings. The van der Waals surface area contributed by atoms with Crippen LogP contribution in [0.25, 0.3) is 11.2 Å². The highest BCUT2D eigenvalue weighted by Gasteiger charge is 2.51. The molecule has 3 heterocycles. The first-order valence-electron chi connectivity index (χ1n) is 7.86. The van der Waals surface area contributed by atoms with Gasteiger partial charge in [-0.3, -0.25) is 4.57 Å². The molecule has 3 N–H and O–H groups in total. The van der Waals surface area contributed by atoms with Crippen LogP contribution in [0.15, 0.2) is 12.7 Å². The molecule has 0 amide bonds. The largest absolute Gasteiger partial charge is 0.382 e. The lowest BCUT2D eigenvalue weighted by Crippen LogP contribution is -2.45. The molecule has 2 aromatic rings. The zero-order chi connectivity index (χ0) is 17.3. The Labute approximate surface area is 139 Å². The lowest BCUT2D eigenvalue weighted by molar-refractivity contribution is -0.0991. The Morgan fingerprint density at radius 2 is 2.21 bits per heavy atom. The summed E-state index contributed by atoms with van der Waals surface area (Å²) in [6, 6.07) is 0. The second kappa shape index (κ2) is 6.60. The van der Waals surface area contributed by atoms with Gasteiger partial charge in [-0.1, -0.05) is 0 Å². The van der Waals surface area contributed by atoms with E-state index in [-0.39, 0.29) is 30.6 Å². The van der Waals surface area contributed by atoms with E-state index in [9.17, 15) is 5.11 Å². The minimum absolute atomic E-state index is 0.0375. The van der Waals surface area contributed by atoms with Gasteiger partial charge in [-0.05, 0) is 13.8 Å². The summed E-state index contributed by atoms with van der Waals surface area (Å²) in [5.74, 6) is -0.0712. The van der Waals surface area contributed by atoms with Crippen molar-refractivity contribution in [3.8, 4) is 0 Å². The number of rotatable bonds is 6. The van der Waals surface area contributed by atoms with Gasteiger partial charge in [0.1, 0.15) is 11.8 Å². The molecular weight excluding hydrogens is 314 g/mol. The summed E-state index contributed by atoms with van der Waals surface area (Å²) >= 11 is 0. The molecule has 1 saturated heterocycles. The average Bonchev–Trinajstić information content (AvgIpc) is 3.10. The van der Waals surface area contributed by atoms with Crippen LogP contribution in [0.3, 0.4) is 0 Å². The highest BCUT2D eigenvalue weighted by Crippen LogP contribution is 2.37. The van der Waals surface area contributed by atoms with Crippen molar-refractivity contribution in [2.24, 2.45) is 5.92 Å². The SMILES string of the molecule is COC[C@H]1OC[C@@](O)(n2cnc3c(N)ncnc32)[C@@H]1COC(C)C. The van der Waals surface area contributed by atoms with Gasteiger partial charge in [-0.15, -0.1) is 0 Å². The van der Waals surface area contributed by atoms with Crippen molar-refractivity contribution in [2.45, 2.75) is 31.8 Å². The average molecular weight is 337 g/mol. The minimum Gasteiger partial charge on any atom is -0.382 e. The van der Waals surface area contributed by atoms with Crippen molar-refractivity contribution in [1.29, 1.82) is 0 Å². The van der Waals surface area contributed by atoms with E-state index >= 15 is 0 Å². The molecule has 0 bridgehead atoms. The van der Waals surface area contributed by atoms with Crippen LogP contribution in [-0.2, 0) is 19.9 Å². The number of fused-ring (bicyclic) bond motifs is 1.